The van der Waals surface area contributed by atoms with Crippen molar-refractivity contribution in [1.29, 1.82) is 0 Å². The van der Waals surface area contributed by atoms with Crippen molar-refractivity contribution >= 4 is 0 Å². The molecular formula is C6H14N2. The molecule has 0 aliphatic carbocycles. The molecule has 8 heavy (non-hydrogen) atoms. The van der Waals surface area contributed by atoms with Gasteiger partial charge in [-0.1, -0.05) is 6.92 Å². The second kappa shape index (κ2) is 2.46. The molecule has 0 aromatic heterocycles. The van der Waals surface area contributed by atoms with Crippen molar-refractivity contribution < 1.29 is 5.01 Å². The van der Waals surface area contributed by atoms with Crippen LogP contribution in [-0.2, 0) is 0 Å². The van der Waals surface area contributed by atoms with Crippen molar-refractivity contribution in [2.45, 2.75) is 25.8 Å². The predicted octanol–water partition coefficient (Wildman–Crippen LogP) is -0.0279. The molecule has 2 heteroatoms. The third-order valence-corrected chi connectivity index (χ3v) is 2.00. The molecule has 0 bridgehead atoms. The van der Waals surface area contributed by atoms with Gasteiger partial charge in [0.25, 0.3) is 0 Å². The molecule has 1 N–H and O–H groups in total. The summed E-state index contributed by atoms with van der Waals surface area (Å²) in [6.07, 6.45) is 2.66. The van der Waals surface area contributed by atoms with E-state index in [4.69, 9.17) is 0 Å². The first kappa shape index (κ1) is 6.05. The normalized spacial score (nSPS) is 36.8. The predicted molar refractivity (Wildman–Crippen MR) is 33.8 cm³/mol. The number of nitrogens with zero attached hydrogens (tertiary/aromatic N) is 1. The van der Waals surface area contributed by atoms with Crippen molar-refractivity contribution in [3.8, 4) is 0 Å². The van der Waals surface area contributed by atoms with Crippen LogP contribution in [0.2, 0.25) is 0 Å². The Kier molecular flexibility index (Phi) is 1.86. The second-order valence-corrected chi connectivity index (χ2v) is 2.36. The molecule has 2 unspecified atom stereocenters. The zero-order chi connectivity index (χ0) is 5.98. The van der Waals surface area contributed by atoms with Crippen LogP contribution in [0.25, 0.3) is 5.43 Å². The molecule has 1 saturated heterocycles. The van der Waals surface area contributed by atoms with Crippen molar-refractivity contribution in [3.05, 3.63) is 5.43 Å². The van der Waals surface area contributed by atoms with Gasteiger partial charge in [-0.3, -0.25) is 0 Å². The Morgan fingerprint density at radius 3 is 2.62 bits per heavy atom. The molecule has 0 amide bonds. The van der Waals surface area contributed by atoms with Crippen LogP contribution in [0.5, 0.6) is 0 Å². The highest BCUT2D eigenvalue weighted by Crippen LogP contribution is 1.99. The number of hydrogen-bond acceptors (Lipinski definition) is 0. The third kappa shape index (κ3) is 0.858. The van der Waals surface area contributed by atoms with Crippen molar-refractivity contribution in [2.75, 3.05) is 13.6 Å². The van der Waals surface area contributed by atoms with E-state index in [9.17, 15) is 0 Å². The fourth-order valence-electron chi connectivity index (χ4n) is 1.21. The van der Waals surface area contributed by atoms with Crippen LogP contribution >= 0.6 is 0 Å². The lowest BCUT2D eigenvalue weighted by Gasteiger charge is -2.44. The fraction of sp³-hybridized carbons (Fsp3) is 1.00. The SMILES string of the molecule is CCC1CC[NH+]1[N-]C. The first-order valence-electron chi connectivity index (χ1n) is 3.34. The Morgan fingerprint density at radius 2 is 2.50 bits per heavy atom. The van der Waals surface area contributed by atoms with Crippen LogP contribution in [0.15, 0.2) is 0 Å². The monoisotopic (exact) mass is 114 g/mol. The van der Waals surface area contributed by atoms with Gasteiger partial charge in [0.2, 0.25) is 0 Å². The average molecular weight is 114 g/mol. The number of quaternary nitrogens is 1. The van der Waals surface area contributed by atoms with E-state index in [1.807, 2.05) is 7.05 Å². The van der Waals surface area contributed by atoms with E-state index in [1.54, 1.807) is 0 Å². The molecule has 1 aliphatic rings. The fourth-order valence-corrected chi connectivity index (χ4v) is 1.21. The smallest absolute Gasteiger partial charge is 0.0838 e. The number of nitrogens with one attached hydrogen (secondary N) is 1. The van der Waals surface area contributed by atoms with Gasteiger partial charge >= 0.3 is 0 Å². The van der Waals surface area contributed by atoms with Gasteiger partial charge in [0.15, 0.2) is 0 Å². The molecule has 0 saturated carbocycles. The maximum absolute atomic E-state index is 4.16. The van der Waals surface area contributed by atoms with Gasteiger partial charge < -0.3 is 10.4 Å². The molecule has 1 rings (SSSR count). The molecule has 0 aromatic carbocycles. The van der Waals surface area contributed by atoms with Gasteiger partial charge in [0, 0.05) is 6.42 Å². The van der Waals surface area contributed by atoms with Gasteiger partial charge in [-0.05, 0) is 6.42 Å². The lowest BCUT2D eigenvalue weighted by molar-refractivity contribution is -0.932. The molecule has 1 heterocycles. The summed E-state index contributed by atoms with van der Waals surface area (Å²) in [5.41, 5.74) is 4.16. The first-order valence-corrected chi connectivity index (χ1v) is 3.34. The maximum atomic E-state index is 4.16. The summed E-state index contributed by atoms with van der Waals surface area (Å²) in [6, 6.07) is 0.847. The van der Waals surface area contributed by atoms with Crippen LogP contribution in [0.1, 0.15) is 19.8 Å². The van der Waals surface area contributed by atoms with E-state index in [1.165, 1.54) is 24.4 Å². The van der Waals surface area contributed by atoms with Crippen LogP contribution in [0.4, 0.5) is 0 Å². The Morgan fingerprint density at radius 1 is 1.75 bits per heavy atom. The minimum absolute atomic E-state index is 0.847. The third-order valence-electron chi connectivity index (χ3n) is 2.00. The Balaban J connectivity index is 2.16. The van der Waals surface area contributed by atoms with Gasteiger partial charge in [-0.25, -0.2) is 0 Å². The minimum atomic E-state index is 0.847. The topological polar surface area (TPSA) is 18.5 Å². The highest BCUT2D eigenvalue weighted by Gasteiger charge is 2.23. The van der Waals surface area contributed by atoms with E-state index in [2.05, 4.69) is 12.3 Å². The Hall–Kier alpha value is -0.0800. The van der Waals surface area contributed by atoms with E-state index < -0.39 is 0 Å². The summed E-state index contributed by atoms with van der Waals surface area (Å²) in [5.74, 6) is 0. The highest BCUT2D eigenvalue weighted by molar-refractivity contribution is 4.64. The lowest BCUT2D eigenvalue weighted by atomic mass is 10.0. The summed E-state index contributed by atoms with van der Waals surface area (Å²) >= 11 is 0. The standard InChI is InChI=1S/C6H14N2/c1-3-6-4-5-8(6)7-2/h6,8H,3-5H2,1-2H3. The van der Waals surface area contributed by atoms with Crippen LogP contribution < -0.4 is 5.01 Å². The quantitative estimate of drug-likeness (QED) is 0.520. The number of hydrogen-bond donors (Lipinski definition) is 1. The maximum Gasteiger partial charge on any atom is 0.0838 e. The highest BCUT2D eigenvalue weighted by atomic mass is 15.5. The summed E-state index contributed by atoms with van der Waals surface area (Å²) < 4.78 is 0. The van der Waals surface area contributed by atoms with Crippen LogP contribution in [-0.4, -0.2) is 19.6 Å². The summed E-state index contributed by atoms with van der Waals surface area (Å²) in [6.45, 7) is 3.49. The minimum Gasteiger partial charge on any atom is -0.457 e. The van der Waals surface area contributed by atoms with E-state index in [0.717, 1.165) is 6.04 Å². The van der Waals surface area contributed by atoms with Crippen molar-refractivity contribution in [3.63, 3.8) is 0 Å². The molecular weight excluding hydrogens is 100 g/mol. The van der Waals surface area contributed by atoms with Gasteiger partial charge in [-0.15, -0.1) is 7.05 Å². The lowest BCUT2D eigenvalue weighted by Crippen LogP contribution is -3.18. The van der Waals surface area contributed by atoms with Crippen molar-refractivity contribution in [2.24, 2.45) is 0 Å². The molecule has 1 aliphatic heterocycles. The zero-order valence-electron chi connectivity index (χ0n) is 5.65. The Labute approximate surface area is 50.8 Å². The average Bonchev–Trinajstić information content (AvgIpc) is 1.66. The molecule has 0 spiro atoms. The molecule has 48 valence electrons. The molecule has 1 fully saturated rings. The van der Waals surface area contributed by atoms with Gasteiger partial charge in [0.05, 0.1) is 12.6 Å². The van der Waals surface area contributed by atoms with E-state index >= 15 is 0 Å². The summed E-state index contributed by atoms with van der Waals surface area (Å²) in [4.78, 5) is 0. The Bertz CT molecular complexity index is 58.9. The molecule has 2 atom stereocenters. The number of rotatable bonds is 2. The van der Waals surface area contributed by atoms with Gasteiger partial charge in [0.1, 0.15) is 0 Å². The molecule has 0 aromatic rings. The van der Waals surface area contributed by atoms with Crippen LogP contribution in [0.3, 0.4) is 0 Å². The second-order valence-electron chi connectivity index (χ2n) is 2.36. The summed E-state index contributed by atoms with van der Waals surface area (Å²) in [5, 5.41) is 1.44. The first-order chi connectivity index (χ1) is 3.88. The van der Waals surface area contributed by atoms with Crippen molar-refractivity contribution in [1.82, 2.24) is 0 Å². The van der Waals surface area contributed by atoms with E-state index in [0.29, 0.717) is 0 Å². The largest absolute Gasteiger partial charge is 0.457 e. The summed E-state index contributed by atoms with van der Waals surface area (Å²) in [7, 11) is 1.90. The molecule has 2 nitrogen and oxygen atoms in total. The zero-order valence-corrected chi connectivity index (χ0v) is 5.65. The van der Waals surface area contributed by atoms with Crippen LogP contribution in [0, 0.1) is 0 Å². The van der Waals surface area contributed by atoms with Gasteiger partial charge in [-0.2, -0.15) is 0 Å². The van der Waals surface area contributed by atoms with E-state index in [-0.39, 0.29) is 0 Å². The molecule has 0 radical (unpaired) electrons.